The van der Waals surface area contributed by atoms with Crippen LogP contribution in [0.15, 0.2) is 66.7 Å². The van der Waals surface area contributed by atoms with E-state index in [9.17, 15) is 15.0 Å². The number of fused-ring (bicyclic) bond motifs is 3. The average Bonchev–Trinajstić information content (AvgIpc) is 3.42. The van der Waals surface area contributed by atoms with Crippen LogP contribution in [0.4, 0.5) is 0 Å². The lowest BCUT2D eigenvalue weighted by molar-refractivity contribution is -0.171. The van der Waals surface area contributed by atoms with E-state index in [0.717, 1.165) is 24.8 Å². The SMILES string of the molecule is COc1ccc([C@@]23Oc4cc(OC)cc(OC)c4[C@]2(O)[C@H](O)[C@H](C(=O)O[C@@H]2C[C@H](C)CC[C@H]2C(C)C)[C@H]3c2ccccc2)cc1. The van der Waals surface area contributed by atoms with E-state index < -0.39 is 35.1 Å². The number of aliphatic hydroxyl groups is 2. The molecule has 0 saturated heterocycles. The molecule has 2 saturated carbocycles. The molecule has 8 heteroatoms. The summed E-state index contributed by atoms with van der Waals surface area (Å²) in [5.74, 6) is 0.0663. The Balaban J connectivity index is 1.57. The number of hydrogen-bond acceptors (Lipinski definition) is 8. The van der Waals surface area contributed by atoms with Crippen LogP contribution in [0.25, 0.3) is 0 Å². The van der Waals surface area contributed by atoms with E-state index in [1.807, 2.05) is 42.5 Å². The molecular formula is C37H44O8. The second kappa shape index (κ2) is 11.9. The van der Waals surface area contributed by atoms with Gasteiger partial charge in [0.2, 0.25) is 0 Å². The molecular weight excluding hydrogens is 572 g/mol. The Morgan fingerprint density at radius 1 is 0.933 bits per heavy atom. The summed E-state index contributed by atoms with van der Waals surface area (Å²) in [6, 6.07) is 20.0. The third kappa shape index (κ3) is 4.76. The lowest BCUT2D eigenvalue weighted by Gasteiger charge is -2.41. The molecule has 1 heterocycles. The fourth-order valence-electron chi connectivity index (χ4n) is 8.24. The van der Waals surface area contributed by atoms with Crippen LogP contribution < -0.4 is 18.9 Å². The molecule has 2 fully saturated rings. The van der Waals surface area contributed by atoms with Crippen molar-refractivity contribution in [1.82, 2.24) is 0 Å². The number of rotatable bonds is 8. The number of esters is 1. The van der Waals surface area contributed by atoms with E-state index >= 15 is 0 Å². The van der Waals surface area contributed by atoms with E-state index in [2.05, 4.69) is 20.8 Å². The van der Waals surface area contributed by atoms with Gasteiger partial charge in [0, 0.05) is 18.1 Å². The van der Waals surface area contributed by atoms with Gasteiger partial charge in [0.15, 0.2) is 11.2 Å². The second-order valence-electron chi connectivity index (χ2n) is 13.2. The van der Waals surface area contributed by atoms with Gasteiger partial charge in [-0.05, 0) is 53.9 Å². The Morgan fingerprint density at radius 3 is 2.24 bits per heavy atom. The first-order chi connectivity index (χ1) is 21.6. The van der Waals surface area contributed by atoms with Crippen molar-refractivity contribution in [3.8, 4) is 23.0 Å². The highest BCUT2D eigenvalue weighted by Gasteiger charge is 2.78. The van der Waals surface area contributed by atoms with Gasteiger partial charge in [-0.25, -0.2) is 0 Å². The van der Waals surface area contributed by atoms with Crippen LogP contribution >= 0.6 is 0 Å². The lowest BCUT2D eigenvalue weighted by atomic mass is 9.70. The second-order valence-corrected chi connectivity index (χ2v) is 13.2. The number of ether oxygens (including phenoxy) is 5. The van der Waals surface area contributed by atoms with Gasteiger partial charge in [-0.1, -0.05) is 69.7 Å². The molecule has 240 valence electrons. The third-order valence-corrected chi connectivity index (χ3v) is 10.5. The zero-order chi connectivity index (χ0) is 32.1. The van der Waals surface area contributed by atoms with Gasteiger partial charge < -0.3 is 33.9 Å². The van der Waals surface area contributed by atoms with E-state index in [4.69, 9.17) is 23.7 Å². The molecule has 6 rings (SSSR count). The molecule has 2 aliphatic carbocycles. The first kappa shape index (κ1) is 31.2. The summed E-state index contributed by atoms with van der Waals surface area (Å²) in [5.41, 5.74) is -2.21. The molecule has 45 heavy (non-hydrogen) atoms. The predicted molar refractivity (Wildman–Crippen MR) is 169 cm³/mol. The summed E-state index contributed by atoms with van der Waals surface area (Å²) in [5, 5.41) is 25.6. The third-order valence-electron chi connectivity index (χ3n) is 10.5. The number of hydrogen-bond donors (Lipinski definition) is 2. The van der Waals surface area contributed by atoms with Crippen molar-refractivity contribution in [2.45, 2.75) is 69.4 Å². The van der Waals surface area contributed by atoms with Crippen LogP contribution in [-0.2, 0) is 20.7 Å². The van der Waals surface area contributed by atoms with Gasteiger partial charge in [-0.2, -0.15) is 0 Å². The Labute approximate surface area is 265 Å². The monoisotopic (exact) mass is 616 g/mol. The lowest BCUT2D eigenvalue weighted by Crippen LogP contribution is -2.52. The van der Waals surface area contributed by atoms with Crippen LogP contribution in [-0.4, -0.2) is 49.7 Å². The quantitative estimate of drug-likeness (QED) is 0.299. The Morgan fingerprint density at radius 2 is 1.62 bits per heavy atom. The molecule has 0 amide bonds. The topological polar surface area (TPSA) is 104 Å². The predicted octanol–water partition coefficient (Wildman–Crippen LogP) is 5.97. The minimum absolute atomic E-state index is 0.210. The number of aliphatic hydroxyl groups excluding tert-OH is 1. The van der Waals surface area contributed by atoms with Crippen molar-refractivity contribution >= 4 is 5.97 Å². The van der Waals surface area contributed by atoms with Gasteiger partial charge >= 0.3 is 5.97 Å². The maximum absolute atomic E-state index is 14.6. The van der Waals surface area contributed by atoms with Crippen molar-refractivity contribution < 1.29 is 38.7 Å². The van der Waals surface area contributed by atoms with Gasteiger partial charge in [0.05, 0.1) is 32.8 Å². The molecule has 0 unspecified atom stereocenters. The van der Waals surface area contributed by atoms with E-state index in [1.54, 1.807) is 31.4 Å². The Kier molecular flexibility index (Phi) is 8.25. The number of carbonyl (C=O) groups excluding carboxylic acids is 1. The summed E-state index contributed by atoms with van der Waals surface area (Å²) >= 11 is 0. The summed E-state index contributed by atoms with van der Waals surface area (Å²) in [6.45, 7) is 6.51. The van der Waals surface area contributed by atoms with Gasteiger partial charge in [0.1, 0.15) is 35.2 Å². The van der Waals surface area contributed by atoms with Crippen molar-refractivity contribution in [2.24, 2.45) is 23.7 Å². The molecule has 0 radical (unpaired) electrons. The van der Waals surface area contributed by atoms with E-state index in [-0.39, 0.29) is 23.3 Å². The molecule has 8 atom stereocenters. The molecule has 0 bridgehead atoms. The molecule has 3 aromatic carbocycles. The standard InChI is InChI=1S/C37H44O8/c1-21(2)27-17-12-22(3)18-28(27)44-35(39)31-32(23-10-8-7-9-11-23)37(24-13-15-25(41-4)16-14-24)36(40,34(31)38)33-29(43-6)19-26(42-5)20-30(33)45-37/h7-11,13-16,19-22,27-28,31-32,34,38,40H,12,17-18H2,1-6H3/t22-,27+,28-,31-,32-,34-,36+,37+/m1/s1. The van der Waals surface area contributed by atoms with Crippen LogP contribution in [0.2, 0.25) is 0 Å². The van der Waals surface area contributed by atoms with E-state index in [0.29, 0.717) is 34.6 Å². The number of benzene rings is 3. The highest BCUT2D eigenvalue weighted by Crippen LogP contribution is 2.70. The highest BCUT2D eigenvalue weighted by atomic mass is 16.6. The highest BCUT2D eigenvalue weighted by molar-refractivity contribution is 5.79. The average molecular weight is 617 g/mol. The molecule has 0 spiro atoms. The molecule has 3 aliphatic rings. The van der Waals surface area contributed by atoms with Gasteiger partial charge in [0.25, 0.3) is 0 Å². The maximum atomic E-state index is 14.6. The molecule has 3 aromatic rings. The molecule has 1 aliphatic heterocycles. The number of carbonyl (C=O) groups is 1. The first-order valence-electron chi connectivity index (χ1n) is 15.9. The zero-order valence-electron chi connectivity index (χ0n) is 26.9. The molecule has 0 aromatic heterocycles. The van der Waals surface area contributed by atoms with Crippen molar-refractivity contribution in [3.63, 3.8) is 0 Å². The molecule has 8 nitrogen and oxygen atoms in total. The first-order valence-corrected chi connectivity index (χ1v) is 15.9. The van der Waals surface area contributed by atoms with Gasteiger partial charge in [-0.15, -0.1) is 0 Å². The van der Waals surface area contributed by atoms with E-state index in [1.165, 1.54) is 14.2 Å². The minimum atomic E-state index is -2.12. The van der Waals surface area contributed by atoms with Crippen LogP contribution in [0, 0.1) is 23.7 Å². The van der Waals surface area contributed by atoms with Crippen molar-refractivity contribution in [1.29, 1.82) is 0 Å². The fraction of sp³-hybridized carbons (Fsp3) is 0.486. The largest absolute Gasteiger partial charge is 0.497 e. The van der Waals surface area contributed by atoms with Crippen LogP contribution in [0.5, 0.6) is 23.0 Å². The normalized spacial score (nSPS) is 31.9. The summed E-state index contributed by atoms with van der Waals surface area (Å²) in [7, 11) is 4.61. The van der Waals surface area contributed by atoms with Crippen LogP contribution in [0.1, 0.15) is 62.6 Å². The van der Waals surface area contributed by atoms with Crippen LogP contribution in [0.3, 0.4) is 0 Å². The summed E-state index contributed by atoms with van der Waals surface area (Å²) in [4.78, 5) is 14.6. The smallest absolute Gasteiger partial charge is 0.312 e. The maximum Gasteiger partial charge on any atom is 0.312 e. The Hall–Kier alpha value is -3.75. The van der Waals surface area contributed by atoms with Crippen molar-refractivity contribution in [2.75, 3.05) is 21.3 Å². The minimum Gasteiger partial charge on any atom is -0.497 e. The fourth-order valence-corrected chi connectivity index (χ4v) is 8.24. The zero-order valence-corrected chi connectivity index (χ0v) is 26.9. The summed E-state index contributed by atoms with van der Waals surface area (Å²) < 4.78 is 30.1. The Bertz CT molecular complexity index is 1520. The molecule has 2 N–H and O–H groups in total. The number of methoxy groups -OCH3 is 3. The van der Waals surface area contributed by atoms with Crippen molar-refractivity contribution in [3.05, 3.63) is 83.4 Å². The van der Waals surface area contributed by atoms with Gasteiger partial charge in [-0.3, -0.25) is 4.79 Å². The summed E-state index contributed by atoms with van der Waals surface area (Å²) in [6.07, 6.45) is 0.919.